The minimum atomic E-state index is -0.222. The van der Waals surface area contributed by atoms with E-state index >= 15 is 0 Å². The number of nitrogens with zero attached hydrogens (tertiary/aromatic N) is 6. The zero-order valence-corrected chi connectivity index (χ0v) is 14.6. The van der Waals surface area contributed by atoms with Crippen LogP contribution < -0.4 is 5.32 Å². The van der Waals surface area contributed by atoms with E-state index in [2.05, 4.69) is 20.4 Å². The zero-order chi connectivity index (χ0) is 17.8. The number of nitrogens with one attached hydrogen (secondary N) is 1. The summed E-state index contributed by atoms with van der Waals surface area (Å²) in [6.45, 7) is 5.71. The SMILES string of the molecule is Cc1nc2ncnn2c(C)c1CCC(=O)N1CC2(CNC(=O)N2C)C1. The van der Waals surface area contributed by atoms with Crippen molar-refractivity contribution in [3.8, 4) is 0 Å². The lowest BCUT2D eigenvalue weighted by atomic mass is 9.89. The summed E-state index contributed by atoms with van der Waals surface area (Å²) in [5.74, 6) is 0.687. The minimum Gasteiger partial charge on any atom is -0.338 e. The second-order valence-corrected chi connectivity index (χ2v) is 6.92. The molecule has 4 rings (SSSR count). The molecule has 0 atom stereocenters. The molecule has 25 heavy (non-hydrogen) atoms. The third kappa shape index (κ3) is 2.33. The van der Waals surface area contributed by atoms with Gasteiger partial charge in [0.1, 0.15) is 6.33 Å². The predicted molar refractivity (Wildman–Crippen MR) is 89.0 cm³/mol. The Morgan fingerprint density at radius 2 is 2.12 bits per heavy atom. The van der Waals surface area contributed by atoms with Crippen molar-refractivity contribution in [3.05, 3.63) is 23.3 Å². The van der Waals surface area contributed by atoms with Crippen LogP contribution in [0.2, 0.25) is 0 Å². The van der Waals surface area contributed by atoms with Crippen molar-refractivity contribution in [2.45, 2.75) is 32.2 Å². The quantitative estimate of drug-likeness (QED) is 0.840. The predicted octanol–water partition coefficient (Wildman–Crippen LogP) is -0.0903. The van der Waals surface area contributed by atoms with Crippen molar-refractivity contribution in [2.75, 3.05) is 26.7 Å². The van der Waals surface area contributed by atoms with E-state index in [9.17, 15) is 9.59 Å². The number of hydrogen-bond acceptors (Lipinski definition) is 5. The maximum atomic E-state index is 12.5. The molecule has 132 valence electrons. The van der Waals surface area contributed by atoms with Gasteiger partial charge in [-0.05, 0) is 25.8 Å². The topological polar surface area (TPSA) is 95.7 Å². The van der Waals surface area contributed by atoms with Crippen LogP contribution in [0.3, 0.4) is 0 Å². The number of aryl methyl sites for hydroxylation is 2. The van der Waals surface area contributed by atoms with E-state index in [1.54, 1.807) is 16.5 Å². The number of likely N-dealkylation sites (N-methyl/N-ethyl adjacent to an activating group) is 1. The van der Waals surface area contributed by atoms with Gasteiger partial charge >= 0.3 is 6.03 Å². The van der Waals surface area contributed by atoms with E-state index in [4.69, 9.17) is 0 Å². The van der Waals surface area contributed by atoms with E-state index < -0.39 is 0 Å². The maximum Gasteiger partial charge on any atom is 0.317 e. The van der Waals surface area contributed by atoms with Crippen molar-refractivity contribution in [3.63, 3.8) is 0 Å². The summed E-state index contributed by atoms with van der Waals surface area (Å²) >= 11 is 0. The van der Waals surface area contributed by atoms with Crippen molar-refractivity contribution >= 4 is 17.7 Å². The van der Waals surface area contributed by atoms with E-state index in [1.165, 1.54) is 6.33 Å². The molecule has 0 radical (unpaired) electrons. The fraction of sp³-hybridized carbons (Fsp3) is 0.562. The lowest BCUT2D eigenvalue weighted by Crippen LogP contribution is -2.70. The lowest BCUT2D eigenvalue weighted by Gasteiger charge is -2.50. The molecule has 2 aliphatic heterocycles. The summed E-state index contributed by atoms with van der Waals surface area (Å²) in [5, 5.41) is 7.01. The van der Waals surface area contributed by atoms with E-state index in [-0.39, 0.29) is 17.5 Å². The molecule has 9 heteroatoms. The number of aromatic nitrogens is 4. The van der Waals surface area contributed by atoms with Gasteiger partial charge < -0.3 is 15.1 Å². The highest BCUT2D eigenvalue weighted by Crippen LogP contribution is 2.30. The van der Waals surface area contributed by atoms with Crippen molar-refractivity contribution in [1.82, 2.24) is 34.7 Å². The average Bonchev–Trinajstić information content (AvgIpc) is 3.11. The molecule has 0 aromatic carbocycles. The van der Waals surface area contributed by atoms with Crippen molar-refractivity contribution in [1.29, 1.82) is 0 Å². The van der Waals surface area contributed by atoms with Crippen LogP contribution >= 0.6 is 0 Å². The highest BCUT2D eigenvalue weighted by atomic mass is 16.2. The van der Waals surface area contributed by atoms with Crippen LogP contribution in [-0.4, -0.2) is 73.5 Å². The highest BCUT2D eigenvalue weighted by Gasteiger charge is 2.53. The summed E-state index contributed by atoms with van der Waals surface area (Å²) < 4.78 is 1.70. The number of rotatable bonds is 3. The first-order valence-corrected chi connectivity index (χ1v) is 8.36. The average molecular weight is 343 g/mol. The van der Waals surface area contributed by atoms with Crippen LogP contribution in [0.15, 0.2) is 6.33 Å². The molecule has 2 saturated heterocycles. The molecule has 1 N–H and O–H groups in total. The van der Waals surface area contributed by atoms with Crippen LogP contribution in [0.1, 0.15) is 23.4 Å². The first-order valence-electron chi connectivity index (χ1n) is 8.36. The Balaban J connectivity index is 1.41. The molecule has 2 aromatic rings. The number of carbonyl (C=O) groups is 2. The Labute approximate surface area is 145 Å². The Morgan fingerprint density at radius 3 is 2.80 bits per heavy atom. The van der Waals surface area contributed by atoms with E-state index in [0.29, 0.717) is 38.3 Å². The third-order valence-corrected chi connectivity index (χ3v) is 5.49. The molecule has 2 aromatic heterocycles. The number of carbonyl (C=O) groups excluding carboxylic acids is 2. The second-order valence-electron chi connectivity index (χ2n) is 6.92. The maximum absolute atomic E-state index is 12.5. The molecule has 9 nitrogen and oxygen atoms in total. The molecule has 0 unspecified atom stereocenters. The third-order valence-electron chi connectivity index (χ3n) is 5.49. The first kappa shape index (κ1) is 15.8. The summed E-state index contributed by atoms with van der Waals surface area (Å²) in [4.78, 5) is 36.2. The van der Waals surface area contributed by atoms with Gasteiger partial charge in [0, 0.05) is 44.5 Å². The Hall–Kier alpha value is -2.71. The Kier molecular flexibility index (Phi) is 3.41. The smallest absolute Gasteiger partial charge is 0.317 e. The van der Waals surface area contributed by atoms with Crippen LogP contribution in [0.25, 0.3) is 5.78 Å². The summed E-state index contributed by atoms with van der Waals surface area (Å²) in [7, 11) is 1.79. The molecular weight excluding hydrogens is 322 g/mol. The normalized spacial score (nSPS) is 18.8. The van der Waals surface area contributed by atoms with Crippen LogP contribution in [0, 0.1) is 13.8 Å². The first-order chi connectivity index (χ1) is 11.9. The largest absolute Gasteiger partial charge is 0.338 e. The second kappa shape index (κ2) is 5.40. The van der Waals surface area contributed by atoms with E-state index in [1.807, 2.05) is 18.7 Å². The number of likely N-dealkylation sites (tertiary alicyclic amines) is 1. The van der Waals surface area contributed by atoms with Gasteiger partial charge in [-0.3, -0.25) is 4.79 Å². The lowest BCUT2D eigenvalue weighted by molar-refractivity contribution is -0.141. The van der Waals surface area contributed by atoms with Crippen LogP contribution in [0.4, 0.5) is 4.79 Å². The van der Waals surface area contributed by atoms with Crippen molar-refractivity contribution < 1.29 is 9.59 Å². The van der Waals surface area contributed by atoms with Crippen molar-refractivity contribution in [2.24, 2.45) is 0 Å². The number of hydrogen-bond donors (Lipinski definition) is 1. The molecule has 3 amide bonds. The number of fused-ring (bicyclic) bond motifs is 1. The highest BCUT2D eigenvalue weighted by molar-refractivity contribution is 5.81. The number of amides is 3. The van der Waals surface area contributed by atoms with Gasteiger partial charge in [0.2, 0.25) is 5.91 Å². The van der Waals surface area contributed by atoms with Gasteiger partial charge in [-0.15, -0.1) is 0 Å². The molecule has 0 saturated carbocycles. The van der Waals surface area contributed by atoms with Gasteiger partial charge in [-0.1, -0.05) is 0 Å². The van der Waals surface area contributed by atoms with Gasteiger partial charge in [-0.2, -0.15) is 10.1 Å². The molecular formula is C16H21N7O2. The fourth-order valence-corrected chi connectivity index (χ4v) is 3.76. The molecule has 4 heterocycles. The molecule has 0 aliphatic carbocycles. The zero-order valence-electron chi connectivity index (χ0n) is 14.6. The van der Waals surface area contributed by atoms with Crippen LogP contribution in [0.5, 0.6) is 0 Å². The molecule has 2 fully saturated rings. The summed E-state index contributed by atoms with van der Waals surface area (Å²) in [6.07, 6.45) is 2.52. The Morgan fingerprint density at radius 1 is 1.36 bits per heavy atom. The molecule has 1 spiro atoms. The summed E-state index contributed by atoms with van der Waals surface area (Å²) in [6, 6.07) is -0.0643. The van der Waals surface area contributed by atoms with Gasteiger partial charge in [0.25, 0.3) is 5.78 Å². The number of urea groups is 1. The monoisotopic (exact) mass is 343 g/mol. The molecule has 0 bridgehead atoms. The van der Waals surface area contributed by atoms with Crippen LogP contribution in [-0.2, 0) is 11.2 Å². The van der Waals surface area contributed by atoms with E-state index in [0.717, 1.165) is 17.0 Å². The standard InChI is InChI=1S/C16H21N7O2/c1-10-12(11(2)23-14(20-10)18-9-19-23)4-5-13(24)22-7-16(8-22)6-17-15(25)21(16)3/h9H,4-8H2,1-3H3,(H,17,25). The minimum absolute atomic E-state index is 0.0643. The Bertz CT molecular complexity index is 869. The summed E-state index contributed by atoms with van der Waals surface area (Å²) in [5.41, 5.74) is 2.67. The van der Waals surface area contributed by atoms with Gasteiger partial charge in [-0.25, -0.2) is 14.3 Å². The molecule has 2 aliphatic rings. The fourth-order valence-electron chi connectivity index (χ4n) is 3.76. The van der Waals surface area contributed by atoms with Gasteiger partial charge in [0.05, 0.1) is 5.54 Å². The van der Waals surface area contributed by atoms with Gasteiger partial charge in [0.15, 0.2) is 0 Å².